The summed E-state index contributed by atoms with van der Waals surface area (Å²) in [7, 11) is -4.15. The lowest BCUT2D eigenvalue weighted by Crippen LogP contribution is -2.32. The second kappa shape index (κ2) is 5.50. The largest absolute Gasteiger partial charge is 0.318 e. The summed E-state index contributed by atoms with van der Waals surface area (Å²) in [5, 5.41) is 0. The zero-order chi connectivity index (χ0) is 14.8. The Balaban J connectivity index is 3.08. The molecule has 0 unspecified atom stereocenters. The predicted molar refractivity (Wildman–Crippen MR) is 67.7 cm³/mol. The molecule has 0 atom stereocenters. The summed E-state index contributed by atoms with van der Waals surface area (Å²) in [4.78, 5) is 21.7. The molecule has 1 amide bonds. The van der Waals surface area contributed by atoms with Gasteiger partial charge in [-0.1, -0.05) is 17.7 Å². The van der Waals surface area contributed by atoms with Crippen molar-refractivity contribution in [1.82, 2.24) is 5.48 Å². The van der Waals surface area contributed by atoms with Gasteiger partial charge in [0.2, 0.25) is 5.78 Å². The average Bonchev–Trinajstić information content (AvgIpc) is 2.23. The lowest BCUT2D eigenvalue weighted by molar-refractivity contribution is -0.140. The van der Waals surface area contributed by atoms with Crippen LogP contribution in [0.1, 0.15) is 23.6 Å². The highest BCUT2D eigenvalue weighted by molar-refractivity contribution is 7.86. The van der Waals surface area contributed by atoms with Crippen molar-refractivity contribution in [1.29, 1.82) is 0 Å². The number of amides is 1. The average molecular weight is 285 g/mol. The summed E-state index contributed by atoms with van der Waals surface area (Å²) < 4.78 is 28.3. The van der Waals surface area contributed by atoms with Gasteiger partial charge in [0.15, 0.2) is 0 Å². The Morgan fingerprint density at radius 3 is 2.00 bits per heavy atom. The molecule has 7 heteroatoms. The van der Waals surface area contributed by atoms with Crippen molar-refractivity contribution in [2.24, 2.45) is 0 Å². The van der Waals surface area contributed by atoms with Crippen LogP contribution < -0.4 is 5.48 Å². The highest BCUT2D eigenvalue weighted by Gasteiger charge is 2.23. The van der Waals surface area contributed by atoms with Crippen molar-refractivity contribution in [2.45, 2.75) is 32.6 Å². The number of Topliss-reactive ketones (excluding diaryl/α,β-unsaturated/α-hetero) is 1. The fourth-order valence-electron chi connectivity index (χ4n) is 1.77. The maximum absolute atomic E-state index is 12.0. The predicted octanol–water partition coefficient (Wildman–Crippen LogP) is 0.937. The number of hydrogen-bond donors (Lipinski definition) is 1. The number of hydroxylamine groups is 1. The highest BCUT2D eigenvalue weighted by atomic mass is 32.2. The van der Waals surface area contributed by atoms with Crippen LogP contribution in [0.15, 0.2) is 17.0 Å². The van der Waals surface area contributed by atoms with Gasteiger partial charge in [-0.2, -0.15) is 8.42 Å². The molecule has 0 saturated carbocycles. The first kappa shape index (κ1) is 15.3. The van der Waals surface area contributed by atoms with Gasteiger partial charge >= 0.3 is 16.0 Å². The Kier molecular flexibility index (Phi) is 4.43. The van der Waals surface area contributed by atoms with Crippen molar-refractivity contribution in [3.63, 3.8) is 0 Å². The van der Waals surface area contributed by atoms with Crippen LogP contribution in [0.4, 0.5) is 0 Å². The molecular formula is C12H15NO5S. The summed E-state index contributed by atoms with van der Waals surface area (Å²) in [6.07, 6.45) is 0. The molecular weight excluding hydrogens is 270 g/mol. The van der Waals surface area contributed by atoms with Crippen LogP contribution in [0.3, 0.4) is 0 Å². The number of rotatable bonds is 4. The van der Waals surface area contributed by atoms with Crippen LogP contribution in [0.5, 0.6) is 0 Å². The number of benzene rings is 1. The van der Waals surface area contributed by atoms with E-state index >= 15 is 0 Å². The minimum Gasteiger partial charge on any atom is -0.289 e. The number of hydrogen-bond acceptors (Lipinski definition) is 5. The summed E-state index contributed by atoms with van der Waals surface area (Å²) in [5.74, 6) is -1.96. The molecule has 104 valence electrons. The standard InChI is InChI=1S/C12H15NO5S/c1-7-5-8(2)11(9(3)6-7)19(16,17)18-13-12(15)10(4)14/h5-6H,1-4H3,(H,13,15). The summed E-state index contributed by atoms with van der Waals surface area (Å²) in [5.41, 5.74) is 3.55. The first-order chi connectivity index (χ1) is 8.65. The topological polar surface area (TPSA) is 89.5 Å². The minimum atomic E-state index is -4.15. The molecule has 1 aromatic rings. The molecule has 0 saturated heterocycles. The Labute approximate surface area is 111 Å². The molecule has 1 N–H and O–H groups in total. The second-order valence-electron chi connectivity index (χ2n) is 4.25. The minimum absolute atomic E-state index is 0.0121. The van der Waals surface area contributed by atoms with E-state index in [1.54, 1.807) is 31.5 Å². The molecule has 6 nitrogen and oxygen atoms in total. The Hall–Kier alpha value is -1.73. The molecule has 0 spiro atoms. The normalized spacial score (nSPS) is 11.2. The first-order valence-electron chi connectivity index (χ1n) is 5.47. The molecule has 0 aliphatic carbocycles. The fourth-order valence-corrected chi connectivity index (χ4v) is 2.94. The second-order valence-corrected chi connectivity index (χ2v) is 5.74. The van der Waals surface area contributed by atoms with E-state index in [9.17, 15) is 18.0 Å². The SMILES string of the molecule is CC(=O)C(=O)NOS(=O)(=O)c1c(C)cc(C)cc1C. The van der Waals surface area contributed by atoms with Crippen molar-refractivity contribution in [3.05, 3.63) is 28.8 Å². The molecule has 0 aliphatic rings. The third kappa shape index (κ3) is 3.62. The van der Waals surface area contributed by atoms with Gasteiger partial charge in [-0.05, 0) is 31.9 Å². The van der Waals surface area contributed by atoms with E-state index in [0.29, 0.717) is 11.1 Å². The lowest BCUT2D eigenvalue weighted by atomic mass is 10.1. The van der Waals surface area contributed by atoms with Gasteiger partial charge < -0.3 is 0 Å². The third-order valence-electron chi connectivity index (χ3n) is 2.42. The van der Waals surface area contributed by atoms with Crippen LogP contribution in [-0.4, -0.2) is 20.1 Å². The Bertz CT molecular complexity index is 611. The van der Waals surface area contributed by atoms with Gasteiger partial charge in [-0.3, -0.25) is 9.59 Å². The van der Waals surface area contributed by atoms with Crippen LogP contribution in [0, 0.1) is 20.8 Å². The van der Waals surface area contributed by atoms with Gasteiger partial charge in [0.05, 0.1) is 0 Å². The maximum Gasteiger partial charge on any atom is 0.318 e. The zero-order valence-electron chi connectivity index (χ0n) is 11.1. The first-order valence-corrected chi connectivity index (χ1v) is 6.88. The Morgan fingerprint density at radius 2 is 1.58 bits per heavy atom. The van der Waals surface area contributed by atoms with Crippen molar-refractivity contribution < 1.29 is 22.3 Å². The van der Waals surface area contributed by atoms with Crippen molar-refractivity contribution in [2.75, 3.05) is 0 Å². The number of nitrogens with one attached hydrogen (secondary N) is 1. The van der Waals surface area contributed by atoms with Crippen LogP contribution in [0.25, 0.3) is 0 Å². The zero-order valence-corrected chi connectivity index (χ0v) is 11.9. The molecule has 1 aromatic carbocycles. The van der Waals surface area contributed by atoms with E-state index in [2.05, 4.69) is 4.28 Å². The molecule has 0 heterocycles. The van der Waals surface area contributed by atoms with E-state index in [4.69, 9.17) is 0 Å². The fraction of sp³-hybridized carbons (Fsp3) is 0.333. The van der Waals surface area contributed by atoms with E-state index in [1.807, 2.05) is 6.92 Å². The van der Waals surface area contributed by atoms with Gasteiger partial charge in [-0.25, -0.2) is 5.48 Å². The number of carbonyl (C=O) groups excluding carboxylic acids is 2. The monoisotopic (exact) mass is 285 g/mol. The lowest BCUT2D eigenvalue weighted by Gasteiger charge is -2.11. The van der Waals surface area contributed by atoms with E-state index < -0.39 is 21.8 Å². The Morgan fingerprint density at radius 1 is 1.11 bits per heavy atom. The van der Waals surface area contributed by atoms with E-state index in [0.717, 1.165) is 12.5 Å². The van der Waals surface area contributed by atoms with Gasteiger partial charge in [-0.15, -0.1) is 4.28 Å². The molecule has 0 radical (unpaired) electrons. The van der Waals surface area contributed by atoms with Gasteiger partial charge in [0.25, 0.3) is 0 Å². The number of aryl methyl sites for hydroxylation is 3. The number of carbonyl (C=O) groups is 2. The molecule has 1 rings (SSSR count). The van der Waals surface area contributed by atoms with Crippen LogP contribution in [-0.2, 0) is 24.0 Å². The molecule has 0 bridgehead atoms. The third-order valence-corrected chi connectivity index (χ3v) is 3.87. The molecule has 0 aromatic heterocycles. The van der Waals surface area contributed by atoms with Gasteiger partial charge in [0.1, 0.15) is 4.90 Å². The summed E-state index contributed by atoms with van der Waals surface area (Å²) >= 11 is 0. The van der Waals surface area contributed by atoms with E-state index in [1.165, 1.54) is 0 Å². The molecule has 19 heavy (non-hydrogen) atoms. The maximum atomic E-state index is 12.0. The molecule has 0 fully saturated rings. The van der Waals surface area contributed by atoms with E-state index in [-0.39, 0.29) is 4.90 Å². The highest BCUT2D eigenvalue weighted by Crippen LogP contribution is 2.22. The molecule has 0 aliphatic heterocycles. The summed E-state index contributed by atoms with van der Waals surface area (Å²) in [6.45, 7) is 6.11. The number of ketones is 1. The van der Waals surface area contributed by atoms with Crippen molar-refractivity contribution >= 4 is 21.8 Å². The van der Waals surface area contributed by atoms with Crippen LogP contribution in [0.2, 0.25) is 0 Å². The van der Waals surface area contributed by atoms with Gasteiger partial charge in [0, 0.05) is 6.92 Å². The smallest absolute Gasteiger partial charge is 0.289 e. The van der Waals surface area contributed by atoms with Crippen molar-refractivity contribution in [3.8, 4) is 0 Å². The van der Waals surface area contributed by atoms with Crippen LogP contribution >= 0.6 is 0 Å². The quantitative estimate of drug-likeness (QED) is 0.657. The summed E-state index contributed by atoms with van der Waals surface area (Å²) in [6, 6.07) is 3.38.